The van der Waals surface area contributed by atoms with E-state index in [1.807, 2.05) is 0 Å². The van der Waals surface area contributed by atoms with E-state index in [0.717, 1.165) is 0 Å². The first-order valence-corrected chi connectivity index (χ1v) is 6.89. The van der Waals surface area contributed by atoms with Crippen LogP contribution in [0.3, 0.4) is 0 Å². The van der Waals surface area contributed by atoms with Gasteiger partial charge in [0, 0.05) is 6.07 Å². The number of furan rings is 1. The maximum atomic E-state index is 12.1. The second kappa shape index (κ2) is 5.94. The van der Waals surface area contributed by atoms with Crippen LogP contribution in [0, 0.1) is 0 Å². The third kappa shape index (κ3) is 2.82. The van der Waals surface area contributed by atoms with E-state index in [0.29, 0.717) is 30.4 Å². The third-order valence-electron chi connectivity index (χ3n) is 2.96. The lowest BCUT2D eigenvalue weighted by molar-refractivity contribution is 0.0927. The first-order chi connectivity index (χ1) is 10.6. The molecule has 0 atom stereocenters. The SMILES string of the molecule is NC(=S)N(NC(=O)c1ccco1)c1ccc2c(c1)OCCO2. The number of thiocarbonyl (C=S) groups is 1. The molecule has 0 radical (unpaired) electrons. The van der Waals surface area contributed by atoms with Crippen LogP contribution in [0.4, 0.5) is 5.69 Å². The molecule has 8 heteroatoms. The average Bonchev–Trinajstić information content (AvgIpc) is 3.06. The van der Waals surface area contributed by atoms with E-state index in [1.54, 1.807) is 24.3 Å². The maximum absolute atomic E-state index is 12.1. The standard InChI is InChI=1S/C14H13N3O4S/c15-14(22)17(16-13(18)11-2-1-5-19-11)9-3-4-10-12(8-9)21-7-6-20-10/h1-5,8H,6-7H2,(H2,15,22)(H,16,18). The van der Waals surface area contributed by atoms with Gasteiger partial charge < -0.3 is 19.6 Å². The highest BCUT2D eigenvalue weighted by molar-refractivity contribution is 7.80. The molecule has 1 aliphatic heterocycles. The second-order valence-corrected chi connectivity index (χ2v) is 4.84. The molecule has 0 saturated heterocycles. The molecule has 0 aliphatic carbocycles. The Morgan fingerprint density at radius 3 is 2.68 bits per heavy atom. The summed E-state index contributed by atoms with van der Waals surface area (Å²) in [5, 5.41) is 1.26. The number of carbonyl (C=O) groups excluding carboxylic acids is 1. The number of amides is 1. The minimum atomic E-state index is -0.465. The molecule has 0 spiro atoms. The Balaban J connectivity index is 1.85. The fourth-order valence-corrected chi connectivity index (χ4v) is 2.13. The van der Waals surface area contributed by atoms with Crippen molar-refractivity contribution >= 4 is 28.9 Å². The number of carbonyl (C=O) groups is 1. The van der Waals surface area contributed by atoms with E-state index < -0.39 is 5.91 Å². The summed E-state index contributed by atoms with van der Waals surface area (Å²) in [7, 11) is 0. The topological polar surface area (TPSA) is 90.0 Å². The Morgan fingerprint density at radius 1 is 1.23 bits per heavy atom. The van der Waals surface area contributed by atoms with Gasteiger partial charge in [-0.2, -0.15) is 0 Å². The molecule has 1 aromatic carbocycles. The third-order valence-corrected chi connectivity index (χ3v) is 3.15. The molecule has 2 heterocycles. The van der Waals surface area contributed by atoms with Crippen molar-refractivity contribution in [2.24, 2.45) is 5.73 Å². The molecule has 1 aromatic heterocycles. The van der Waals surface area contributed by atoms with Gasteiger partial charge in [-0.15, -0.1) is 0 Å². The highest BCUT2D eigenvalue weighted by Gasteiger charge is 2.19. The molecule has 1 amide bonds. The largest absolute Gasteiger partial charge is 0.486 e. The molecule has 3 N–H and O–H groups in total. The van der Waals surface area contributed by atoms with E-state index in [4.69, 9.17) is 31.8 Å². The predicted molar refractivity (Wildman–Crippen MR) is 82.9 cm³/mol. The molecular weight excluding hydrogens is 306 g/mol. The number of nitrogens with two attached hydrogens (primary N) is 1. The van der Waals surface area contributed by atoms with Crippen LogP contribution in [0.25, 0.3) is 0 Å². The van der Waals surface area contributed by atoms with Gasteiger partial charge in [0.05, 0.1) is 12.0 Å². The molecular formula is C14H13N3O4S. The summed E-state index contributed by atoms with van der Waals surface area (Å²) in [6, 6.07) is 8.29. The molecule has 0 unspecified atom stereocenters. The van der Waals surface area contributed by atoms with Gasteiger partial charge in [-0.25, -0.2) is 5.01 Å². The number of nitrogens with zero attached hydrogens (tertiary/aromatic N) is 1. The number of hydrazine groups is 1. The maximum Gasteiger partial charge on any atom is 0.305 e. The normalized spacial score (nSPS) is 12.5. The van der Waals surface area contributed by atoms with Crippen LogP contribution in [-0.2, 0) is 0 Å². The van der Waals surface area contributed by atoms with E-state index in [1.165, 1.54) is 17.3 Å². The van der Waals surface area contributed by atoms with Gasteiger partial charge >= 0.3 is 5.91 Å². The summed E-state index contributed by atoms with van der Waals surface area (Å²) in [5.41, 5.74) is 8.82. The molecule has 2 aromatic rings. The second-order valence-electron chi connectivity index (χ2n) is 4.42. The Morgan fingerprint density at radius 2 is 2.00 bits per heavy atom. The molecule has 0 bridgehead atoms. The highest BCUT2D eigenvalue weighted by Crippen LogP contribution is 2.33. The Kier molecular flexibility index (Phi) is 3.84. The fraction of sp³-hybridized carbons (Fsp3) is 0.143. The van der Waals surface area contributed by atoms with Gasteiger partial charge in [-0.05, 0) is 36.5 Å². The lowest BCUT2D eigenvalue weighted by atomic mass is 10.2. The zero-order valence-electron chi connectivity index (χ0n) is 11.4. The number of benzene rings is 1. The van der Waals surface area contributed by atoms with Crippen molar-refractivity contribution in [3.63, 3.8) is 0 Å². The molecule has 3 rings (SSSR count). The van der Waals surface area contributed by atoms with E-state index in [9.17, 15) is 4.79 Å². The van der Waals surface area contributed by atoms with Gasteiger partial charge in [0.25, 0.3) is 0 Å². The summed E-state index contributed by atoms with van der Waals surface area (Å²) in [6.45, 7) is 0.961. The van der Waals surface area contributed by atoms with Gasteiger partial charge in [-0.1, -0.05) is 0 Å². The molecule has 7 nitrogen and oxygen atoms in total. The lowest BCUT2D eigenvalue weighted by Gasteiger charge is -2.25. The van der Waals surface area contributed by atoms with Crippen molar-refractivity contribution in [3.05, 3.63) is 42.4 Å². The predicted octanol–water partition coefficient (Wildman–Crippen LogP) is 1.45. The molecule has 0 saturated carbocycles. The van der Waals surface area contributed by atoms with Crippen LogP contribution in [0.1, 0.15) is 10.6 Å². The molecule has 1 aliphatic rings. The van der Waals surface area contributed by atoms with E-state index in [-0.39, 0.29) is 10.9 Å². The first-order valence-electron chi connectivity index (χ1n) is 6.49. The monoisotopic (exact) mass is 319 g/mol. The van der Waals surface area contributed by atoms with Gasteiger partial charge in [-0.3, -0.25) is 10.2 Å². The smallest absolute Gasteiger partial charge is 0.305 e. The number of hydrogen-bond donors (Lipinski definition) is 2. The van der Waals surface area contributed by atoms with Crippen molar-refractivity contribution in [1.82, 2.24) is 5.43 Å². The number of hydrogen-bond acceptors (Lipinski definition) is 5. The minimum Gasteiger partial charge on any atom is -0.486 e. The minimum absolute atomic E-state index is 0.0171. The number of fused-ring (bicyclic) bond motifs is 1. The van der Waals surface area contributed by atoms with E-state index >= 15 is 0 Å². The quantitative estimate of drug-likeness (QED) is 0.639. The van der Waals surface area contributed by atoms with Gasteiger partial charge in [0.1, 0.15) is 13.2 Å². The molecule has 22 heavy (non-hydrogen) atoms. The summed E-state index contributed by atoms with van der Waals surface area (Å²) in [4.78, 5) is 12.1. The van der Waals surface area contributed by atoms with Crippen molar-refractivity contribution in [2.45, 2.75) is 0 Å². The Labute approximate surface area is 131 Å². The highest BCUT2D eigenvalue weighted by atomic mass is 32.1. The number of rotatable bonds is 2. The van der Waals surface area contributed by atoms with E-state index in [2.05, 4.69) is 5.43 Å². The number of ether oxygens (including phenoxy) is 2. The first kappa shape index (κ1) is 14.2. The fourth-order valence-electron chi connectivity index (χ4n) is 1.98. The summed E-state index contributed by atoms with van der Waals surface area (Å²) in [6.07, 6.45) is 1.41. The van der Waals surface area contributed by atoms with Crippen LogP contribution in [0.5, 0.6) is 11.5 Å². The Bertz CT molecular complexity index is 702. The summed E-state index contributed by atoms with van der Waals surface area (Å²) >= 11 is 4.99. The van der Waals surface area contributed by atoms with Crippen LogP contribution < -0.4 is 25.6 Å². The molecule has 114 valence electrons. The zero-order chi connectivity index (χ0) is 15.5. The van der Waals surface area contributed by atoms with Crippen LogP contribution in [-0.4, -0.2) is 24.2 Å². The van der Waals surface area contributed by atoms with Gasteiger partial charge in [0.15, 0.2) is 22.4 Å². The molecule has 0 fully saturated rings. The number of anilines is 1. The van der Waals surface area contributed by atoms with Crippen molar-refractivity contribution in [3.8, 4) is 11.5 Å². The van der Waals surface area contributed by atoms with Crippen molar-refractivity contribution < 1.29 is 18.7 Å². The van der Waals surface area contributed by atoms with Crippen LogP contribution in [0.15, 0.2) is 41.0 Å². The lowest BCUT2D eigenvalue weighted by Crippen LogP contribution is -2.49. The Hall–Kier alpha value is -2.74. The summed E-state index contributed by atoms with van der Waals surface area (Å²) < 4.78 is 16.0. The van der Waals surface area contributed by atoms with Crippen molar-refractivity contribution in [2.75, 3.05) is 18.2 Å². The average molecular weight is 319 g/mol. The van der Waals surface area contributed by atoms with Crippen molar-refractivity contribution in [1.29, 1.82) is 0 Å². The van der Waals surface area contributed by atoms with Crippen LogP contribution >= 0.6 is 12.2 Å². The zero-order valence-corrected chi connectivity index (χ0v) is 12.3. The van der Waals surface area contributed by atoms with Gasteiger partial charge in [0.2, 0.25) is 0 Å². The summed E-state index contributed by atoms with van der Waals surface area (Å²) in [5.74, 6) is 0.888. The van der Waals surface area contributed by atoms with Crippen LogP contribution in [0.2, 0.25) is 0 Å². The number of nitrogens with one attached hydrogen (secondary N) is 1.